The maximum atomic E-state index is 13.0. The molecule has 2 rings (SSSR count). The number of aliphatic hydroxyl groups is 1. The molecule has 0 aliphatic heterocycles. The summed E-state index contributed by atoms with van der Waals surface area (Å²) in [6, 6.07) is 5.40. The van der Waals surface area contributed by atoms with E-state index in [1.54, 1.807) is 12.1 Å². The van der Waals surface area contributed by atoms with E-state index in [9.17, 15) is 14.3 Å². The van der Waals surface area contributed by atoms with Gasteiger partial charge in [0, 0.05) is 17.6 Å². The van der Waals surface area contributed by atoms with Crippen molar-refractivity contribution in [2.45, 2.75) is 32.1 Å². The molecule has 0 bridgehead atoms. The first kappa shape index (κ1) is 14.8. The standard InChI is InChI=1S/C15H21FN2O2/c16-12-5-4-6-13(9-12)18-14(20)17-10-15(11-19)7-2-1-3-8-15/h4-6,9,19H,1-3,7-8,10-11H2,(H2,17,18,20). The van der Waals surface area contributed by atoms with Crippen molar-refractivity contribution in [3.63, 3.8) is 0 Å². The Bertz CT molecular complexity index is 459. The third-order valence-electron chi connectivity index (χ3n) is 3.96. The Morgan fingerprint density at radius 1 is 1.30 bits per heavy atom. The van der Waals surface area contributed by atoms with E-state index in [1.165, 1.54) is 18.6 Å². The van der Waals surface area contributed by atoms with E-state index >= 15 is 0 Å². The van der Waals surface area contributed by atoms with Crippen molar-refractivity contribution >= 4 is 11.7 Å². The van der Waals surface area contributed by atoms with E-state index in [1.807, 2.05) is 0 Å². The van der Waals surface area contributed by atoms with E-state index in [2.05, 4.69) is 10.6 Å². The van der Waals surface area contributed by atoms with Crippen molar-refractivity contribution in [2.24, 2.45) is 5.41 Å². The number of carbonyl (C=O) groups excluding carboxylic acids is 1. The lowest BCUT2D eigenvalue weighted by molar-refractivity contribution is 0.0840. The third-order valence-corrected chi connectivity index (χ3v) is 3.96. The van der Waals surface area contributed by atoms with Gasteiger partial charge in [-0.1, -0.05) is 25.3 Å². The number of carbonyl (C=O) groups is 1. The molecule has 1 fully saturated rings. The Hall–Kier alpha value is -1.62. The van der Waals surface area contributed by atoms with Crippen molar-refractivity contribution in [3.05, 3.63) is 30.1 Å². The average Bonchev–Trinajstić information content (AvgIpc) is 2.46. The molecule has 1 aromatic carbocycles. The molecule has 2 amide bonds. The average molecular weight is 280 g/mol. The topological polar surface area (TPSA) is 61.4 Å². The molecule has 1 aliphatic carbocycles. The Morgan fingerprint density at radius 2 is 2.05 bits per heavy atom. The lowest BCUT2D eigenvalue weighted by Crippen LogP contribution is -2.42. The van der Waals surface area contributed by atoms with Gasteiger partial charge in [0.05, 0.1) is 6.61 Å². The molecular weight excluding hydrogens is 259 g/mol. The normalized spacial score (nSPS) is 17.5. The molecule has 1 aromatic rings. The van der Waals surface area contributed by atoms with E-state index in [-0.39, 0.29) is 23.9 Å². The van der Waals surface area contributed by atoms with Crippen LogP contribution < -0.4 is 10.6 Å². The van der Waals surface area contributed by atoms with E-state index in [0.29, 0.717) is 12.2 Å². The van der Waals surface area contributed by atoms with Crippen LogP contribution in [0.1, 0.15) is 32.1 Å². The molecule has 20 heavy (non-hydrogen) atoms. The molecule has 0 unspecified atom stereocenters. The molecule has 3 N–H and O–H groups in total. The zero-order chi connectivity index (χ0) is 14.4. The molecular formula is C15H21FN2O2. The Balaban J connectivity index is 1.85. The lowest BCUT2D eigenvalue weighted by atomic mass is 9.74. The van der Waals surface area contributed by atoms with Gasteiger partial charge in [-0.25, -0.2) is 9.18 Å². The number of nitrogens with one attached hydrogen (secondary N) is 2. The lowest BCUT2D eigenvalue weighted by Gasteiger charge is -2.35. The van der Waals surface area contributed by atoms with E-state index in [4.69, 9.17) is 0 Å². The van der Waals surface area contributed by atoms with Gasteiger partial charge in [0.1, 0.15) is 5.82 Å². The van der Waals surface area contributed by atoms with Gasteiger partial charge in [-0.3, -0.25) is 0 Å². The number of hydrogen-bond acceptors (Lipinski definition) is 2. The Labute approximate surface area is 118 Å². The number of urea groups is 1. The van der Waals surface area contributed by atoms with Crippen molar-refractivity contribution in [3.8, 4) is 0 Å². The number of hydrogen-bond donors (Lipinski definition) is 3. The molecule has 0 spiro atoms. The molecule has 0 atom stereocenters. The van der Waals surface area contributed by atoms with E-state index in [0.717, 1.165) is 25.7 Å². The molecule has 110 valence electrons. The predicted octanol–water partition coefficient (Wildman–Crippen LogP) is 2.89. The third kappa shape index (κ3) is 3.93. The van der Waals surface area contributed by atoms with Crippen molar-refractivity contribution in [1.29, 1.82) is 0 Å². The fraction of sp³-hybridized carbons (Fsp3) is 0.533. The van der Waals surface area contributed by atoms with Crippen LogP contribution in [0.3, 0.4) is 0 Å². The van der Waals surface area contributed by atoms with Gasteiger partial charge in [0.15, 0.2) is 0 Å². The van der Waals surface area contributed by atoms with Gasteiger partial charge in [-0.05, 0) is 31.0 Å². The highest BCUT2D eigenvalue weighted by Crippen LogP contribution is 2.35. The molecule has 4 nitrogen and oxygen atoms in total. The van der Waals surface area contributed by atoms with Crippen LogP contribution in [0.5, 0.6) is 0 Å². The first-order chi connectivity index (χ1) is 9.63. The van der Waals surface area contributed by atoms with Gasteiger partial charge in [0.25, 0.3) is 0 Å². The fourth-order valence-corrected chi connectivity index (χ4v) is 2.70. The van der Waals surface area contributed by atoms with Crippen LogP contribution in [0.2, 0.25) is 0 Å². The summed E-state index contributed by atoms with van der Waals surface area (Å²) in [5, 5.41) is 14.9. The highest BCUT2D eigenvalue weighted by Gasteiger charge is 2.31. The van der Waals surface area contributed by atoms with Crippen LogP contribution >= 0.6 is 0 Å². The monoisotopic (exact) mass is 280 g/mol. The minimum absolute atomic E-state index is 0.0905. The van der Waals surface area contributed by atoms with Gasteiger partial charge in [0.2, 0.25) is 0 Å². The van der Waals surface area contributed by atoms with Crippen LogP contribution in [-0.4, -0.2) is 24.3 Å². The summed E-state index contributed by atoms with van der Waals surface area (Å²) in [4.78, 5) is 11.8. The molecule has 5 heteroatoms. The summed E-state index contributed by atoms with van der Waals surface area (Å²) < 4.78 is 13.0. The van der Waals surface area contributed by atoms with Crippen LogP contribution in [-0.2, 0) is 0 Å². The summed E-state index contributed by atoms with van der Waals surface area (Å²) in [5.41, 5.74) is 0.224. The maximum absolute atomic E-state index is 13.0. The van der Waals surface area contributed by atoms with Crippen LogP contribution in [0.25, 0.3) is 0 Å². The van der Waals surface area contributed by atoms with Gasteiger partial charge < -0.3 is 15.7 Å². The Morgan fingerprint density at radius 3 is 2.70 bits per heavy atom. The highest BCUT2D eigenvalue weighted by molar-refractivity contribution is 5.89. The minimum atomic E-state index is -0.387. The summed E-state index contributed by atoms with van der Waals surface area (Å²) in [6.45, 7) is 0.540. The molecule has 1 aliphatic rings. The van der Waals surface area contributed by atoms with Gasteiger partial charge >= 0.3 is 6.03 Å². The number of anilines is 1. The molecule has 1 saturated carbocycles. The summed E-state index contributed by atoms with van der Waals surface area (Å²) in [6.07, 6.45) is 5.24. The van der Waals surface area contributed by atoms with Gasteiger partial charge in [-0.2, -0.15) is 0 Å². The second kappa shape index (κ2) is 6.70. The van der Waals surface area contributed by atoms with Crippen LogP contribution in [0.4, 0.5) is 14.9 Å². The van der Waals surface area contributed by atoms with Crippen LogP contribution in [0.15, 0.2) is 24.3 Å². The Kier molecular flexibility index (Phi) is 4.95. The van der Waals surface area contributed by atoms with E-state index < -0.39 is 0 Å². The summed E-state index contributed by atoms with van der Waals surface area (Å²) in [5.74, 6) is -0.387. The minimum Gasteiger partial charge on any atom is -0.396 e. The predicted molar refractivity (Wildman–Crippen MR) is 76.0 cm³/mol. The first-order valence-electron chi connectivity index (χ1n) is 7.05. The first-order valence-corrected chi connectivity index (χ1v) is 7.05. The number of halogens is 1. The number of rotatable bonds is 4. The number of aliphatic hydroxyl groups excluding tert-OH is 1. The molecule has 0 aromatic heterocycles. The summed E-state index contributed by atoms with van der Waals surface area (Å²) >= 11 is 0. The zero-order valence-corrected chi connectivity index (χ0v) is 11.5. The zero-order valence-electron chi connectivity index (χ0n) is 11.5. The molecule has 0 heterocycles. The largest absolute Gasteiger partial charge is 0.396 e. The SMILES string of the molecule is O=C(NCC1(CO)CCCCC1)Nc1cccc(F)c1. The maximum Gasteiger partial charge on any atom is 0.319 e. The highest BCUT2D eigenvalue weighted by atomic mass is 19.1. The van der Waals surface area contributed by atoms with Crippen molar-refractivity contribution in [1.82, 2.24) is 5.32 Å². The van der Waals surface area contributed by atoms with Crippen molar-refractivity contribution < 1.29 is 14.3 Å². The molecule has 0 radical (unpaired) electrons. The second-order valence-corrected chi connectivity index (χ2v) is 5.54. The smallest absolute Gasteiger partial charge is 0.319 e. The van der Waals surface area contributed by atoms with Gasteiger partial charge in [-0.15, -0.1) is 0 Å². The second-order valence-electron chi connectivity index (χ2n) is 5.54. The fourth-order valence-electron chi connectivity index (χ4n) is 2.70. The number of amides is 2. The summed E-state index contributed by atoms with van der Waals surface area (Å²) in [7, 11) is 0. The van der Waals surface area contributed by atoms with Crippen LogP contribution in [0, 0.1) is 11.2 Å². The van der Waals surface area contributed by atoms with Crippen molar-refractivity contribution in [2.75, 3.05) is 18.5 Å². The number of benzene rings is 1. The quantitative estimate of drug-likeness (QED) is 0.794. The molecule has 0 saturated heterocycles.